The SMILES string of the molecule is C=C(Cl)/C=C(/Cl)N=CC. The predicted octanol–water partition coefficient (Wildman–Crippen LogP) is 2.91. The van der Waals surface area contributed by atoms with Gasteiger partial charge in [-0.3, -0.25) is 0 Å². The molecule has 0 radical (unpaired) electrons. The summed E-state index contributed by atoms with van der Waals surface area (Å²) in [6.45, 7) is 5.18. The van der Waals surface area contributed by atoms with E-state index in [0.29, 0.717) is 10.2 Å². The monoisotopic (exact) mass is 163 g/mol. The molecule has 0 saturated carbocycles. The van der Waals surface area contributed by atoms with Crippen LogP contribution in [0.15, 0.2) is 27.8 Å². The second-order valence-electron chi connectivity index (χ2n) is 1.30. The standard InChI is InChI=1S/C6H7Cl2N/c1-3-9-6(8)4-5(2)7/h3-4H,2H2,1H3/b6-4-,9-3?. The molecule has 0 rings (SSSR count). The van der Waals surface area contributed by atoms with Gasteiger partial charge in [-0.05, 0) is 13.0 Å². The van der Waals surface area contributed by atoms with Gasteiger partial charge >= 0.3 is 0 Å². The molecular weight excluding hydrogens is 157 g/mol. The molecule has 0 unspecified atom stereocenters. The fourth-order valence-electron chi connectivity index (χ4n) is 0.290. The Balaban J connectivity index is 4.00. The summed E-state index contributed by atoms with van der Waals surface area (Å²) in [4.78, 5) is 3.72. The van der Waals surface area contributed by atoms with Gasteiger partial charge in [0.25, 0.3) is 0 Å². The van der Waals surface area contributed by atoms with Crippen LogP contribution in [0.25, 0.3) is 0 Å². The van der Waals surface area contributed by atoms with E-state index in [1.165, 1.54) is 6.08 Å². The first-order valence-electron chi connectivity index (χ1n) is 2.37. The van der Waals surface area contributed by atoms with Crippen molar-refractivity contribution in [3.63, 3.8) is 0 Å². The van der Waals surface area contributed by atoms with E-state index in [0.717, 1.165) is 0 Å². The maximum Gasteiger partial charge on any atom is 0.130 e. The van der Waals surface area contributed by atoms with Crippen LogP contribution in [0.5, 0.6) is 0 Å². The van der Waals surface area contributed by atoms with Crippen molar-refractivity contribution in [1.82, 2.24) is 0 Å². The van der Waals surface area contributed by atoms with E-state index >= 15 is 0 Å². The third kappa shape index (κ3) is 5.60. The lowest BCUT2D eigenvalue weighted by atomic mass is 10.6. The zero-order chi connectivity index (χ0) is 7.28. The Labute approximate surface area is 64.7 Å². The summed E-state index contributed by atoms with van der Waals surface area (Å²) < 4.78 is 0. The molecule has 0 fully saturated rings. The number of nitrogens with zero attached hydrogens (tertiary/aromatic N) is 1. The Morgan fingerprint density at radius 1 is 1.56 bits per heavy atom. The second kappa shape index (κ2) is 4.59. The molecule has 0 amide bonds. The van der Waals surface area contributed by atoms with Gasteiger partial charge in [-0.15, -0.1) is 0 Å². The first-order valence-corrected chi connectivity index (χ1v) is 3.12. The molecule has 50 valence electrons. The summed E-state index contributed by atoms with van der Waals surface area (Å²) in [5, 5.41) is 0.725. The average molecular weight is 164 g/mol. The highest BCUT2D eigenvalue weighted by molar-refractivity contribution is 6.34. The van der Waals surface area contributed by atoms with Gasteiger partial charge in [0.1, 0.15) is 5.16 Å². The summed E-state index contributed by atoms with van der Waals surface area (Å²) in [6, 6.07) is 0. The molecule has 0 aliphatic rings. The van der Waals surface area contributed by atoms with Crippen molar-refractivity contribution in [2.45, 2.75) is 6.92 Å². The van der Waals surface area contributed by atoms with Crippen LogP contribution in [0.1, 0.15) is 6.92 Å². The van der Waals surface area contributed by atoms with Crippen LogP contribution in [-0.2, 0) is 0 Å². The van der Waals surface area contributed by atoms with Crippen LogP contribution >= 0.6 is 23.2 Å². The van der Waals surface area contributed by atoms with E-state index in [1.54, 1.807) is 13.1 Å². The first-order chi connectivity index (χ1) is 4.16. The minimum Gasteiger partial charge on any atom is -0.249 e. The Hall–Kier alpha value is -0.270. The molecule has 0 atom stereocenters. The topological polar surface area (TPSA) is 12.4 Å². The van der Waals surface area contributed by atoms with Gasteiger partial charge in [0, 0.05) is 11.2 Å². The van der Waals surface area contributed by atoms with Crippen molar-refractivity contribution in [3.8, 4) is 0 Å². The second-order valence-corrected chi connectivity index (χ2v) is 2.17. The molecule has 9 heavy (non-hydrogen) atoms. The Morgan fingerprint density at radius 2 is 2.11 bits per heavy atom. The molecule has 0 aromatic carbocycles. The third-order valence-electron chi connectivity index (χ3n) is 0.528. The van der Waals surface area contributed by atoms with E-state index in [2.05, 4.69) is 11.6 Å². The number of halogens is 2. The molecule has 1 nitrogen and oxygen atoms in total. The van der Waals surface area contributed by atoms with E-state index in [-0.39, 0.29) is 0 Å². The van der Waals surface area contributed by atoms with Gasteiger partial charge in [-0.25, -0.2) is 4.99 Å². The lowest BCUT2D eigenvalue weighted by molar-refractivity contribution is 1.51. The van der Waals surface area contributed by atoms with Crippen LogP contribution in [0.4, 0.5) is 0 Å². The first kappa shape index (κ1) is 8.73. The fraction of sp³-hybridized carbons (Fsp3) is 0.167. The molecule has 3 heteroatoms. The van der Waals surface area contributed by atoms with Crippen LogP contribution in [-0.4, -0.2) is 6.21 Å². The summed E-state index contributed by atoms with van der Waals surface area (Å²) in [5.74, 6) is 0. The molecule has 0 heterocycles. The maximum absolute atomic E-state index is 5.49. The fourth-order valence-corrected chi connectivity index (χ4v) is 0.678. The lowest BCUT2D eigenvalue weighted by Crippen LogP contribution is -1.65. The third-order valence-corrected chi connectivity index (χ3v) is 0.844. The van der Waals surface area contributed by atoms with Crippen LogP contribution < -0.4 is 0 Å². The zero-order valence-corrected chi connectivity index (χ0v) is 6.58. The Bertz CT molecular complexity index is 158. The minimum atomic E-state index is 0.345. The van der Waals surface area contributed by atoms with Gasteiger partial charge in [0.05, 0.1) is 0 Å². The van der Waals surface area contributed by atoms with Crippen molar-refractivity contribution in [1.29, 1.82) is 0 Å². The van der Waals surface area contributed by atoms with Gasteiger partial charge < -0.3 is 0 Å². The summed E-state index contributed by atoms with van der Waals surface area (Å²) in [6.07, 6.45) is 3.06. The van der Waals surface area contributed by atoms with Crippen LogP contribution in [0, 0.1) is 0 Å². The highest BCUT2D eigenvalue weighted by atomic mass is 35.5. The van der Waals surface area contributed by atoms with Gasteiger partial charge in [-0.2, -0.15) is 0 Å². The van der Waals surface area contributed by atoms with Gasteiger partial charge in [-0.1, -0.05) is 29.8 Å². The summed E-state index contributed by atoms with van der Waals surface area (Å²) in [7, 11) is 0. The van der Waals surface area contributed by atoms with E-state index < -0.39 is 0 Å². The minimum absolute atomic E-state index is 0.345. The molecule has 0 bridgehead atoms. The molecule has 0 aromatic heterocycles. The smallest absolute Gasteiger partial charge is 0.130 e. The average Bonchev–Trinajstić information content (AvgIpc) is 1.63. The van der Waals surface area contributed by atoms with Crippen molar-refractivity contribution in [3.05, 3.63) is 22.8 Å². The molecule has 0 saturated heterocycles. The number of hydrogen-bond acceptors (Lipinski definition) is 1. The van der Waals surface area contributed by atoms with E-state index in [9.17, 15) is 0 Å². The predicted molar refractivity (Wildman–Crippen MR) is 43.1 cm³/mol. The van der Waals surface area contributed by atoms with Gasteiger partial charge in [0.15, 0.2) is 0 Å². The molecule has 0 N–H and O–H groups in total. The van der Waals surface area contributed by atoms with Crippen LogP contribution in [0.3, 0.4) is 0 Å². The number of hydrogen-bond donors (Lipinski definition) is 0. The van der Waals surface area contributed by atoms with Gasteiger partial charge in [0.2, 0.25) is 0 Å². The number of allylic oxidation sites excluding steroid dienone is 2. The van der Waals surface area contributed by atoms with Crippen molar-refractivity contribution < 1.29 is 0 Å². The summed E-state index contributed by atoms with van der Waals surface area (Å²) in [5.41, 5.74) is 0. The molecule has 0 aliphatic carbocycles. The lowest BCUT2D eigenvalue weighted by Gasteiger charge is -1.84. The molecule has 0 aliphatic heterocycles. The molecule has 0 aromatic rings. The largest absolute Gasteiger partial charge is 0.249 e. The zero-order valence-electron chi connectivity index (χ0n) is 5.06. The highest BCUT2D eigenvalue weighted by Gasteiger charge is 1.84. The van der Waals surface area contributed by atoms with Crippen molar-refractivity contribution >= 4 is 29.4 Å². The molecule has 0 spiro atoms. The van der Waals surface area contributed by atoms with Crippen LogP contribution in [0.2, 0.25) is 0 Å². The number of aliphatic imine (C=N–C) groups is 1. The van der Waals surface area contributed by atoms with E-state index in [4.69, 9.17) is 23.2 Å². The number of rotatable bonds is 2. The Kier molecular flexibility index (Phi) is 4.46. The molecular formula is C6H7Cl2N. The highest BCUT2D eigenvalue weighted by Crippen LogP contribution is 2.08. The maximum atomic E-state index is 5.49. The normalized spacial score (nSPS) is 12.6. The Morgan fingerprint density at radius 3 is 2.44 bits per heavy atom. The van der Waals surface area contributed by atoms with Crippen molar-refractivity contribution in [2.75, 3.05) is 0 Å². The quantitative estimate of drug-likeness (QED) is 0.338. The summed E-state index contributed by atoms with van der Waals surface area (Å²) >= 11 is 10.9. The van der Waals surface area contributed by atoms with Crippen molar-refractivity contribution in [2.24, 2.45) is 4.99 Å². The van der Waals surface area contributed by atoms with E-state index in [1.807, 2.05) is 0 Å².